The number of hydrogen-bond acceptors (Lipinski definition) is 4. The van der Waals surface area contributed by atoms with Gasteiger partial charge in [-0.2, -0.15) is 0 Å². The van der Waals surface area contributed by atoms with Crippen LogP contribution in [0.5, 0.6) is 0 Å². The van der Waals surface area contributed by atoms with E-state index in [0.717, 1.165) is 29.5 Å². The molecular formula is C10H8BrFN2O3S2. The summed E-state index contributed by atoms with van der Waals surface area (Å²) in [6, 6.07) is 3.30. The second-order valence-corrected chi connectivity index (χ2v) is 7.00. The molecule has 0 amide bonds. The molecule has 1 aromatic heterocycles. The van der Waals surface area contributed by atoms with E-state index in [1.54, 1.807) is 0 Å². The smallest absolute Gasteiger partial charge is 0.304 e. The normalized spacial score (nSPS) is 11.7. The Kier molecular flexibility index (Phi) is 4.19. The number of H-pyrrole nitrogens is 1. The summed E-state index contributed by atoms with van der Waals surface area (Å²) in [5.41, 5.74) is 0.469. The highest BCUT2D eigenvalue weighted by Gasteiger charge is 2.18. The van der Waals surface area contributed by atoms with Crippen LogP contribution in [0.2, 0.25) is 0 Å². The summed E-state index contributed by atoms with van der Waals surface area (Å²) in [6.45, 7) is -0.0368. The topological polar surface area (TPSA) is 79.0 Å². The van der Waals surface area contributed by atoms with Crippen molar-refractivity contribution in [2.45, 2.75) is 11.4 Å². The molecule has 1 heterocycles. The fourth-order valence-electron chi connectivity index (χ4n) is 1.34. The van der Waals surface area contributed by atoms with Crippen LogP contribution in [0, 0.1) is 5.82 Å². The first-order chi connectivity index (χ1) is 8.88. The molecule has 0 bridgehead atoms. The zero-order chi connectivity index (χ0) is 14.0. The van der Waals surface area contributed by atoms with Crippen molar-refractivity contribution in [2.24, 2.45) is 0 Å². The lowest BCUT2D eigenvalue weighted by Gasteiger charge is -2.07. The minimum atomic E-state index is -3.78. The Hall–Kier alpha value is -1.03. The maximum atomic E-state index is 12.9. The van der Waals surface area contributed by atoms with Gasteiger partial charge >= 0.3 is 4.87 Å². The summed E-state index contributed by atoms with van der Waals surface area (Å²) >= 11 is 3.95. The Labute approximate surface area is 120 Å². The number of aromatic amines is 1. The quantitative estimate of drug-likeness (QED) is 0.865. The third kappa shape index (κ3) is 3.50. The summed E-state index contributed by atoms with van der Waals surface area (Å²) in [4.78, 5) is 13.1. The van der Waals surface area contributed by atoms with Crippen LogP contribution in [0.25, 0.3) is 0 Å². The van der Waals surface area contributed by atoms with Gasteiger partial charge in [0.2, 0.25) is 10.0 Å². The van der Waals surface area contributed by atoms with E-state index in [1.165, 1.54) is 5.38 Å². The Bertz CT molecular complexity index is 754. The summed E-state index contributed by atoms with van der Waals surface area (Å²) in [5, 5.41) is 1.53. The first kappa shape index (κ1) is 14.4. The van der Waals surface area contributed by atoms with Crippen LogP contribution in [0.15, 0.2) is 37.7 Å². The van der Waals surface area contributed by atoms with E-state index in [0.29, 0.717) is 5.69 Å². The third-order valence-corrected chi connectivity index (χ3v) is 5.30. The lowest BCUT2D eigenvalue weighted by molar-refractivity contribution is 0.579. The van der Waals surface area contributed by atoms with E-state index < -0.39 is 15.8 Å². The van der Waals surface area contributed by atoms with Gasteiger partial charge in [-0.3, -0.25) is 4.79 Å². The van der Waals surface area contributed by atoms with Gasteiger partial charge in [0.15, 0.2) is 0 Å². The molecule has 0 aliphatic heterocycles. The molecule has 0 saturated heterocycles. The van der Waals surface area contributed by atoms with Crippen LogP contribution in [-0.4, -0.2) is 13.4 Å². The molecule has 0 aliphatic rings. The number of sulfonamides is 1. The lowest BCUT2D eigenvalue weighted by atomic mass is 10.3. The summed E-state index contributed by atoms with van der Waals surface area (Å²) in [7, 11) is -3.78. The summed E-state index contributed by atoms with van der Waals surface area (Å²) in [6.07, 6.45) is 0. The van der Waals surface area contributed by atoms with E-state index in [4.69, 9.17) is 0 Å². The second kappa shape index (κ2) is 5.53. The highest BCUT2D eigenvalue weighted by atomic mass is 79.9. The standard InChI is InChI=1S/C10H8BrFN2O3S2/c11-8-3-6(12)1-2-9(8)19(16,17)13-4-7-5-18-10(15)14-7/h1-3,5,13H,4H2,(H,14,15). The fraction of sp³-hybridized carbons (Fsp3) is 0.100. The largest absolute Gasteiger partial charge is 0.315 e. The highest BCUT2D eigenvalue weighted by Crippen LogP contribution is 2.22. The second-order valence-electron chi connectivity index (χ2n) is 3.57. The van der Waals surface area contributed by atoms with Gasteiger partial charge in [0, 0.05) is 15.5 Å². The average Bonchev–Trinajstić information content (AvgIpc) is 2.72. The Morgan fingerprint density at radius 3 is 2.74 bits per heavy atom. The van der Waals surface area contributed by atoms with Gasteiger partial charge < -0.3 is 4.98 Å². The molecular weight excluding hydrogens is 359 g/mol. The van der Waals surface area contributed by atoms with Gasteiger partial charge in [0.05, 0.1) is 11.4 Å². The molecule has 2 N–H and O–H groups in total. The maximum Gasteiger partial charge on any atom is 0.304 e. The van der Waals surface area contributed by atoms with Gasteiger partial charge in [0.25, 0.3) is 0 Å². The van der Waals surface area contributed by atoms with Crippen LogP contribution in [-0.2, 0) is 16.6 Å². The molecule has 0 fully saturated rings. The number of nitrogens with one attached hydrogen (secondary N) is 2. The molecule has 0 saturated carbocycles. The molecule has 0 atom stereocenters. The molecule has 9 heteroatoms. The maximum absolute atomic E-state index is 12.9. The van der Waals surface area contributed by atoms with Gasteiger partial charge in [-0.15, -0.1) is 0 Å². The molecule has 2 rings (SSSR count). The Morgan fingerprint density at radius 1 is 1.42 bits per heavy atom. The number of hydrogen-bond donors (Lipinski definition) is 2. The van der Waals surface area contributed by atoms with Gasteiger partial charge in [-0.25, -0.2) is 17.5 Å². The van der Waals surface area contributed by atoms with Crippen LogP contribution in [0.4, 0.5) is 4.39 Å². The van der Waals surface area contributed by atoms with Crippen molar-refractivity contribution in [3.8, 4) is 0 Å². The number of benzene rings is 1. The molecule has 2 aromatic rings. The SMILES string of the molecule is O=c1[nH]c(CNS(=O)(=O)c2ccc(F)cc2Br)cs1. The Morgan fingerprint density at radius 2 is 2.16 bits per heavy atom. The van der Waals surface area contributed by atoms with Crippen molar-refractivity contribution in [2.75, 3.05) is 0 Å². The first-order valence-electron chi connectivity index (χ1n) is 5.00. The van der Waals surface area contributed by atoms with Crippen molar-refractivity contribution in [1.82, 2.24) is 9.71 Å². The van der Waals surface area contributed by atoms with E-state index in [2.05, 4.69) is 25.6 Å². The summed E-state index contributed by atoms with van der Waals surface area (Å²) in [5.74, 6) is -0.534. The van der Waals surface area contributed by atoms with Crippen molar-refractivity contribution in [3.63, 3.8) is 0 Å². The highest BCUT2D eigenvalue weighted by molar-refractivity contribution is 9.10. The lowest BCUT2D eigenvalue weighted by Crippen LogP contribution is -2.24. The van der Waals surface area contributed by atoms with E-state index in [1.807, 2.05) is 0 Å². The van der Waals surface area contributed by atoms with Crippen LogP contribution in [0.3, 0.4) is 0 Å². The van der Waals surface area contributed by atoms with Crippen LogP contribution in [0.1, 0.15) is 5.69 Å². The first-order valence-corrected chi connectivity index (χ1v) is 8.15. The number of halogens is 2. The fourth-order valence-corrected chi connectivity index (χ4v) is 3.98. The minimum Gasteiger partial charge on any atom is -0.315 e. The van der Waals surface area contributed by atoms with Crippen LogP contribution < -0.4 is 9.60 Å². The van der Waals surface area contributed by atoms with Crippen molar-refractivity contribution in [1.29, 1.82) is 0 Å². The van der Waals surface area contributed by atoms with Gasteiger partial charge in [-0.1, -0.05) is 11.3 Å². The van der Waals surface area contributed by atoms with Crippen molar-refractivity contribution >= 4 is 37.3 Å². The number of aromatic nitrogens is 1. The average molecular weight is 367 g/mol. The van der Waals surface area contributed by atoms with Crippen molar-refractivity contribution < 1.29 is 12.8 Å². The summed E-state index contributed by atoms with van der Waals surface area (Å²) < 4.78 is 39.3. The molecule has 0 unspecified atom stereocenters. The monoisotopic (exact) mass is 366 g/mol. The Balaban J connectivity index is 2.20. The predicted octanol–water partition coefficient (Wildman–Crippen LogP) is 1.82. The number of thiazole rings is 1. The van der Waals surface area contributed by atoms with E-state index in [-0.39, 0.29) is 20.8 Å². The predicted molar refractivity (Wildman–Crippen MR) is 73.1 cm³/mol. The molecule has 19 heavy (non-hydrogen) atoms. The molecule has 0 radical (unpaired) electrons. The molecule has 0 spiro atoms. The van der Waals surface area contributed by atoms with Gasteiger partial charge in [-0.05, 0) is 34.1 Å². The molecule has 5 nitrogen and oxygen atoms in total. The van der Waals surface area contributed by atoms with Crippen molar-refractivity contribution in [3.05, 3.63) is 49.2 Å². The minimum absolute atomic E-state index is 0.0368. The molecule has 102 valence electrons. The zero-order valence-electron chi connectivity index (χ0n) is 9.31. The van der Waals surface area contributed by atoms with E-state index >= 15 is 0 Å². The van der Waals surface area contributed by atoms with Crippen LogP contribution >= 0.6 is 27.3 Å². The molecule has 0 aliphatic carbocycles. The third-order valence-electron chi connectivity index (χ3n) is 2.21. The number of rotatable bonds is 4. The van der Waals surface area contributed by atoms with Gasteiger partial charge in [0.1, 0.15) is 5.82 Å². The zero-order valence-corrected chi connectivity index (χ0v) is 12.5. The van der Waals surface area contributed by atoms with E-state index in [9.17, 15) is 17.6 Å². The molecule has 1 aromatic carbocycles.